The Kier molecular flexibility index (Phi) is 9.03. The molecule has 0 radical (unpaired) electrons. The molecule has 16 heteroatoms. The van der Waals surface area contributed by atoms with Crippen LogP contribution in [0.4, 0.5) is 26.3 Å². The molecular formula is C21H20F6N4O5S. The first-order valence-electron chi connectivity index (χ1n) is 10.2. The number of likely N-dealkylation sites (N-methyl/N-ethyl adjacent to an activating group) is 1. The highest BCUT2D eigenvalue weighted by Gasteiger charge is 2.65. The average molecular weight is 554 g/mol. The number of benzene rings is 2. The van der Waals surface area contributed by atoms with E-state index in [1.807, 2.05) is 35.1 Å². The van der Waals surface area contributed by atoms with Crippen LogP contribution in [0, 0.1) is 0 Å². The van der Waals surface area contributed by atoms with Gasteiger partial charge in [-0.05, 0) is 31.2 Å². The standard InChI is InChI=1S/C19H19F3N4O3S.C2HF3O2/c1-23-15(11-13-5-3-2-4-6-13)12-17(27)24-30(28,29)16-9-7-14(8-10-16)18(25-26-18)19(20,21)22;3-2(4,5)1(6)7/h2-10,15,23H,11-12H2,1H3,(H,24,27);(H,6,7)/t15-;/m0./s1. The van der Waals surface area contributed by atoms with Crippen LogP contribution in [0.3, 0.4) is 0 Å². The number of carbonyl (C=O) groups is 2. The smallest absolute Gasteiger partial charge is 0.475 e. The van der Waals surface area contributed by atoms with Crippen molar-refractivity contribution in [3.8, 4) is 0 Å². The summed E-state index contributed by atoms with van der Waals surface area (Å²) in [6.45, 7) is 0. The summed E-state index contributed by atoms with van der Waals surface area (Å²) in [6.07, 6.45) is -9.37. The zero-order valence-corrected chi connectivity index (χ0v) is 19.7. The lowest BCUT2D eigenvalue weighted by Gasteiger charge is -2.17. The number of nitrogens with zero attached hydrogens (tertiary/aromatic N) is 2. The lowest BCUT2D eigenvalue weighted by atomic mass is 10.0. The summed E-state index contributed by atoms with van der Waals surface area (Å²) in [7, 11) is -2.57. The molecule has 0 bridgehead atoms. The zero-order chi connectivity index (χ0) is 28.1. The maximum absolute atomic E-state index is 13.0. The number of carboxylic acid groups (broad SMARTS) is 1. The lowest BCUT2D eigenvalue weighted by molar-refractivity contribution is -0.192. The Balaban J connectivity index is 0.000000604. The van der Waals surface area contributed by atoms with Gasteiger partial charge in [-0.1, -0.05) is 42.5 Å². The number of amides is 1. The number of nitrogens with one attached hydrogen (secondary N) is 2. The van der Waals surface area contributed by atoms with Crippen molar-refractivity contribution in [3.63, 3.8) is 0 Å². The number of aliphatic carboxylic acids is 1. The summed E-state index contributed by atoms with van der Waals surface area (Å²) < 4.78 is 97.6. The fourth-order valence-electron chi connectivity index (χ4n) is 2.96. The van der Waals surface area contributed by atoms with Crippen LogP contribution in [0.5, 0.6) is 0 Å². The molecule has 0 saturated heterocycles. The van der Waals surface area contributed by atoms with E-state index >= 15 is 0 Å². The van der Waals surface area contributed by atoms with Gasteiger partial charge in [-0.2, -0.15) is 26.3 Å². The van der Waals surface area contributed by atoms with Crippen LogP contribution in [0.25, 0.3) is 0 Å². The van der Waals surface area contributed by atoms with E-state index < -0.39 is 39.9 Å². The van der Waals surface area contributed by atoms with Crippen molar-refractivity contribution in [2.75, 3.05) is 7.05 Å². The van der Waals surface area contributed by atoms with Gasteiger partial charge in [-0.3, -0.25) is 4.79 Å². The molecule has 2 aromatic carbocycles. The molecule has 202 valence electrons. The molecule has 1 aliphatic heterocycles. The minimum atomic E-state index is -5.08. The first kappa shape index (κ1) is 29.7. The van der Waals surface area contributed by atoms with Crippen LogP contribution >= 0.6 is 0 Å². The lowest BCUT2D eigenvalue weighted by Crippen LogP contribution is -2.37. The number of hydrogen-bond donors (Lipinski definition) is 3. The normalized spacial score (nSPS) is 15.2. The molecule has 3 rings (SSSR count). The van der Waals surface area contributed by atoms with Crippen LogP contribution < -0.4 is 10.0 Å². The van der Waals surface area contributed by atoms with Gasteiger partial charge >= 0.3 is 24.0 Å². The van der Waals surface area contributed by atoms with E-state index in [1.54, 1.807) is 7.05 Å². The Labute approximate surface area is 206 Å². The van der Waals surface area contributed by atoms with Gasteiger partial charge < -0.3 is 10.4 Å². The monoisotopic (exact) mass is 554 g/mol. The number of hydrogen-bond acceptors (Lipinski definition) is 7. The molecule has 3 N–H and O–H groups in total. The van der Waals surface area contributed by atoms with Crippen molar-refractivity contribution in [1.29, 1.82) is 0 Å². The van der Waals surface area contributed by atoms with E-state index in [0.29, 0.717) is 6.42 Å². The Morgan fingerprint density at radius 3 is 1.89 bits per heavy atom. The quantitative estimate of drug-likeness (QED) is 0.427. The second kappa shape index (κ2) is 11.2. The Hall–Kier alpha value is -3.53. The highest BCUT2D eigenvalue weighted by Crippen LogP contribution is 2.52. The van der Waals surface area contributed by atoms with Crippen LogP contribution in [0.15, 0.2) is 69.7 Å². The zero-order valence-electron chi connectivity index (χ0n) is 18.8. The summed E-state index contributed by atoms with van der Waals surface area (Å²) >= 11 is 0. The molecule has 9 nitrogen and oxygen atoms in total. The fourth-order valence-corrected chi connectivity index (χ4v) is 3.95. The summed E-state index contributed by atoms with van der Waals surface area (Å²) in [5.41, 5.74) is -1.94. The molecule has 0 aliphatic carbocycles. The van der Waals surface area contributed by atoms with Crippen molar-refractivity contribution in [2.45, 2.75) is 41.8 Å². The topological polar surface area (TPSA) is 137 Å². The molecule has 1 aliphatic rings. The van der Waals surface area contributed by atoms with E-state index in [-0.39, 0.29) is 22.9 Å². The molecule has 0 aromatic heterocycles. The van der Waals surface area contributed by atoms with Crippen LogP contribution in [-0.4, -0.2) is 50.8 Å². The summed E-state index contributed by atoms with van der Waals surface area (Å²) in [5.74, 6) is -3.49. The summed E-state index contributed by atoms with van der Waals surface area (Å²) in [6, 6.07) is 13.0. The van der Waals surface area contributed by atoms with E-state index in [2.05, 4.69) is 15.5 Å². The second-order valence-corrected chi connectivity index (χ2v) is 9.29. The van der Waals surface area contributed by atoms with Gasteiger partial charge in [0, 0.05) is 18.0 Å². The number of carboxylic acids is 1. The molecule has 0 unspecified atom stereocenters. The number of carbonyl (C=O) groups excluding carboxylic acids is 1. The van der Waals surface area contributed by atoms with Crippen molar-refractivity contribution in [3.05, 3.63) is 65.7 Å². The molecule has 0 fully saturated rings. The number of sulfonamides is 1. The molecule has 1 amide bonds. The average Bonchev–Trinajstić information content (AvgIpc) is 3.61. The maximum atomic E-state index is 13.0. The highest BCUT2D eigenvalue weighted by atomic mass is 32.2. The molecule has 0 saturated carbocycles. The summed E-state index contributed by atoms with van der Waals surface area (Å²) in [5, 5.41) is 16.2. The molecule has 0 spiro atoms. The van der Waals surface area contributed by atoms with Crippen LogP contribution in [-0.2, 0) is 31.7 Å². The highest BCUT2D eigenvalue weighted by molar-refractivity contribution is 7.90. The largest absolute Gasteiger partial charge is 0.490 e. The molecular weight excluding hydrogens is 534 g/mol. The first-order chi connectivity index (χ1) is 17.0. The molecule has 1 heterocycles. The SMILES string of the molecule is CN[C@H](CC(=O)NS(=O)(=O)c1ccc(C2(C(F)(F)F)N=N2)cc1)Cc1ccccc1.O=C(O)C(F)(F)F. The van der Waals surface area contributed by atoms with Crippen LogP contribution in [0.2, 0.25) is 0 Å². The van der Waals surface area contributed by atoms with Gasteiger partial charge in [0.2, 0.25) is 5.91 Å². The Bertz CT molecular complexity index is 1230. The van der Waals surface area contributed by atoms with Gasteiger partial charge in [-0.15, -0.1) is 10.2 Å². The van der Waals surface area contributed by atoms with Gasteiger partial charge in [0.15, 0.2) is 0 Å². The van der Waals surface area contributed by atoms with Gasteiger partial charge in [0.1, 0.15) is 0 Å². The third-order valence-electron chi connectivity index (χ3n) is 4.92. The Morgan fingerprint density at radius 2 is 1.49 bits per heavy atom. The predicted octanol–water partition coefficient (Wildman–Crippen LogP) is 3.53. The third-order valence-corrected chi connectivity index (χ3v) is 6.31. The number of halogens is 6. The van der Waals surface area contributed by atoms with Gasteiger partial charge in [0.05, 0.1) is 4.90 Å². The van der Waals surface area contributed by atoms with Crippen molar-refractivity contribution < 1.29 is 49.5 Å². The number of alkyl halides is 6. The third kappa shape index (κ3) is 7.98. The van der Waals surface area contributed by atoms with E-state index in [1.165, 1.54) is 0 Å². The van der Waals surface area contributed by atoms with Gasteiger partial charge in [-0.25, -0.2) is 17.9 Å². The van der Waals surface area contributed by atoms with E-state index in [9.17, 15) is 39.6 Å². The number of rotatable bonds is 8. The van der Waals surface area contributed by atoms with Crippen LogP contribution in [0.1, 0.15) is 17.5 Å². The maximum Gasteiger partial charge on any atom is 0.490 e. The Morgan fingerprint density at radius 1 is 0.973 bits per heavy atom. The van der Waals surface area contributed by atoms with E-state index in [4.69, 9.17) is 9.90 Å². The minimum Gasteiger partial charge on any atom is -0.475 e. The van der Waals surface area contributed by atoms with Crippen molar-refractivity contribution in [2.24, 2.45) is 10.2 Å². The minimum absolute atomic E-state index is 0.0996. The predicted molar refractivity (Wildman–Crippen MR) is 116 cm³/mol. The van der Waals surface area contributed by atoms with Gasteiger partial charge in [0.25, 0.3) is 10.0 Å². The second-order valence-electron chi connectivity index (χ2n) is 7.61. The van der Waals surface area contributed by atoms with Crippen molar-refractivity contribution in [1.82, 2.24) is 10.0 Å². The van der Waals surface area contributed by atoms with E-state index in [0.717, 1.165) is 29.8 Å². The molecule has 37 heavy (non-hydrogen) atoms. The molecule has 2 aromatic rings. The fraction of sp³-hybridized carbons (Fsp3) is 0.333. The first-order valence-corrected chi connectivity index (χ1v) is 11.7. The summed E-state index contributed by atoms with van der Waals surface area (Å²) in [4.78, 5) is 20.8. The van der Waals surface area contributed by atoms with Crippen molar-refractivity contribution >= 4 is 21.9 Å². The molecule has 1 atom stereocenters.